The number of aliphatic hydroxyl groups is 2. The Kier molecular flexibility index (Phi) is 34.0. The average molecular weight is 691 g/mol. The van der Waals surface area contributed by atoms with Crippen LogP contribution in [0.4, 0.5) is 0 Å². The van der Waals surface area contributed by atoms with E-state index < -0.39 is 39.2 Å². The van der Waals surface area contributed by atoms with Gasteiger partial charge in [-0.2, -0.15) is 0 Å². The molecule has 3 atom stereocenters. The molecule has 0 radical (unpaired) electrons. The molecule has 0 aliphatic heterocycles. The van der Waals surface area contributed by atoms with Crippen LogP contribution in [-0.2, 0) is 27.9 Å². The van der Waals surface area contributed by atoms with Crippen molar-refractivity contribution in [3.8, 4) is 0 Å². The van der Waals surface area contributed by atoms with Crippen LogP contribution in [0.1, 0.15) is 162 Å². The van der Waals surface area contributed by atoms with Crippen molar-refractivity contribution >= 4 is 13.8 Å². The maximum atomic E-state index is 12.5. The normalized spacial score (nSPS) is 14.6. The van der Waals surface area contributed by atoms with Crippen molar-refractivity contribution in [1.29, 1.82) is 0 Å². The summed E-state index contributed by atoms with van der Waals surface area (Å²) >= 11 is 0. The number of esters is 1. The molecule has 0 aliphatic rings. The number of ether oxygens (including phenoxy) is 2. The maximum Gasteiger partial charge on any atom is 0.472 e. The first-order chi connectivity index (χ1) is 22.8. The fraction of sp³-hybridized carbons (Fsp3) is 0.865. The monoisotopic (exact) mass is 690 g/mol. The molecule has 0 rings (SSSR count). The summed E-state index contributed by atoms with van der Waals surface area (Å²) in [6, 6.07) is 0. The second kappa shape index (κ2) is 34.8. The van der Waals surface area contributed by atoms with Crippen molar-refractivity contribution < 1.29 is 43.0 Å². The lowest BCUT2D eigenvalue weighted by Gasteiger charge is -2.20. The maximum absolute atomic E-state index is 12.5. The first-order valence-electron chi connectivity index (χ1n) is 18.8. The van der Waals surface area contributed by atoms with Crippen LogP contribution in [0.5, 0.6) is 0 Å². The number of phosphoric acid groups is 1. The molecular formula is C37H71O9P. The van der Waals surface area contributed by atoms with Gasteiger partial charge in [-0.25, -0.2) is 4.57 Å². The molecule has 10 heteroatoms. The van der Waals surface area contributed by atoms with E-state index in [0.29, 0.717) is 6.61 Å². The van der Waals surface area contributed by atoms with E-state index in [1.807, 2.05) is 0 Å². The first kappa shape index (κ1) is 45.9. The van der Waals surface area contributed by atoms with Crippen LogP contribution < -0.4 is 0 Å². The zero-order valence-corrected chi connectivity index (χ0v) is 30.9. The quantitative estimate of drug-likeness (QED) is 0.0254. The summed E-state index contributed by atoms with van der Waals surface area (Å²) < 4.78 is 33.1. The predicted molar refractivity (Wildman–Crippen MR) is 191 cm³/mol. The summed E-state index contributed by atoms with van der Waals surface area (Å²) in [5.74, 6) is -0.390. The second-order valence-corrected chi connectivity index (χ2v) is 14.1. The Labute approximate surface area is 287 Å². The van der Waals surface area contributed by atoms with Crippen molar-refractivity contribution in [2.45, 2.75) is 174 Å². The molecule has 3 N–H and O–H groups in total. The Morgan fingerprint density at radius 3 is 1.72 bits per heavy atom. The summed E-state index contributed by atoms with van der Waals surface area (Å²) in [7, 11) is -4.51. The zero-order valence-electron chi connectivity index (χ0n) is 30.0. The highest BCUT2D eigenvalue weighted by Gasteiger charge is 2.26. The number of carbonyl (C=O) groups is 1. The first-order valence-corrected chi connectivity index (χ1v) is 20.3. The van der Waals surface area contributed by atoms with E-state index in [1.54, 1.807) is 0 Å². The molecule has 0 saturated heterocycles. The molecule has 47 heavy (non-hydrogen) atoms. The molecule has 0 amide bonds. The fourth-order valence-corrected chi connectivity index (χ4v) is 5.76. The summed E-state index contributed by atoms with van der Waals surface area (Å²) in [5, 5.41) is 18.2. The van der Waals surface area contributed by atoms with Gasteiger partial charge in [0.15, 0.2) is 0 Å². The Balaban J connectivity index is 4.20. The highest BCUT2D eigenvalue weighted by molar-refractivity contribution is 7.47. The average Bonchev–Trinajstić information content (AvgIpc) is 3.06. The van der Waals surface area contributed by atoms with Crippen molar-refractivity contribution in [1.82, 2.24) is 0 Å². The van der Waals surface area contributed by atoms with Gasteiger partial charge in [0, 0.05) is 13.0 Å². The van der Waals surface area contributed by atoms with Gasteiger partial charge in [-0.05, 0) is 44.9 Å². The molecule has 0 spiro atoms. The van der Waals surface area contributed by atoms with E-state index in [9.17, 15) is 19.4 Å². The number of rotatable bonds is 36. The van der Waals surface area contributed by atoms with E-state index >= 15 is 0 Å². The summed E-state index contributed by atoms with van der Waals surface area (Å²) in [6.45, 7) is 3.45. The largest absolute Gasteiger partial charge is 0.472 e. The van der Waals surface area contributed by atoms with Gasteiger partial charge >= 0.3 is 13.8 Å². The smallest absolute Gasteiger partial charge is 0.457 e. The van der Waals surface area contributed by atoms with Gasteiger partial charge in [0.2, 0.25) is 0 Å². The number of hydrogen-bond donors (Lipinski definition) is 3. The second-order valence-electron chi connectivity index (χ2n) is 12.6. The third kappa shape index (κ3) is 34.6. The Morgan fingerprint density at radius 1 is 0.660 bits per heavy atom. The molecule has 3 unspecified atom stereocenters. The van der Waals surface area contributed by atoms with Crippen molar-refractivity contribution in [3.05, 3.63) is 24.3 Å². The lowest BCUT2D eigenvalue weighted by Crippen LogP contribution is -2.29. The van der Waals surface area contributed by atoms with Gasteiger partial charge in [0.1, 0.15) is 12.2 Å². The SMILES string of the molecule is CCCCCC/C=C\C/C=C\CCCCCCCCOCC(COP(=O)(O)OCC(O)CO)OC(=O)CCCCCCCCCCC. The molecule has 0 fully saturated rings. The minimum absolute atomic E-state index is 0.0448. The van der Waals surface area contributed by atoms with Gasteiger partial charge in [0.05, 0.1) is 26.4 Å². The van der Waals surface area contributed by atoms with Crippen LogP contribution >= 0.6 is 7.82 Å². The summed E-state index contributed by atoms with van der Waals surface area (Å²) in [5.41, 5.74) is 0. The summed E-state index contributed by atoms with van der Waals surface area (Å²) in [6.07, 6.45) is 32.8. The van der Waals surface area contributed by atoms with Crippen LogP contribution in [0.2, 0.25) is 0 Å². The minimum atomic E-state index is -4.51. The van der Waals surface area contributed by atoms with E-state index in [-0.39, 0.29) is 19.6 Å². The van der Waals surface area contributed by atoms with Gasteiger partial charge in [-0.3, -0.25) is 13.8 Å². The van der Waals surface area contributed by atoms with Crippen LogP contribution in [0.3, 0.4) is 0 Å². The molecule has 0 bridgehead atoms. The van der Waals surface area contributed by atoms with Gasteiger partial charge in [0.25, 0.3) is 0 Å². The molecular weight excluding hydrogens is 619 g/mol. The van der Waals surface area contributed by atoms with Crippen LogP contribution in [0.15, 0.2) is 24.3 Å². The number of unbranched alkanes of at least 4 members (excludes halogenated alkanes) is 18. The predicted octanol–water partition coefficient (Wildman–Crippen LogP) is 9.53. The molecule has 0 heterocycles. The van der Waals surface area contributed by atoms with E-state index in [0.717, 1.165) is 51.4 Å². The van der Waals surface area contributed by atoms with Crippen molar-refractivity contribution in [3.63, 3.8) is 0 Å². The number of hydrogen-bond acceptors (Lipinski definition) is 8. The fourth-order valence-electron chi connectivity index (χ4n) is 4.97. The minimum Gasteiger partial charge on any atom is -0.457 e. The highest BCUT2D eigenvalue weighted by Crippen LogP contribution is 2.43. The van der Waals surface area contributed by atoms with Crippen molar-refractivity contribution in [2.24, 2.45) is 0 Å². The molecule has 278 valence electrons. The van der Waals surface area contributed by atoms with E-state index in [2.05, 4.69) is 38.2 Å². The molecule has 0 aromatic heterocycles. The van der Waals surface area contributed by atoms with Gasteiger partial charge in [-0.15, -0.1) is 0 Å². The molecule has 0 aromatic rings. The number of allylic oxidation sites excluding steroid dienone is 4. The van der Waals surface area contributed by atoms with Crippen LogP contribution in [-0.4, -0.2) is 66.3 Å². The Morgan fingerprint density at radius 2 is 1.15 bits per heavy atom. The van der Waals surface area contributed by atoms with Crippen LogP contribution in [0.25, 0.3) is 0 Å². The molecule has 0 aromatic carbocycles. The topological polar surface area (TPSA) is 132 Å². The Hall–Kier alpha value is -1.06. The number of aliphatic hydroxyl groups excluding tert-OH is 2. The van der Waals surface area contributed by atoms with Crippen molar-refractivity contribution in [2.75, 3.05) is 33.0 Å². The molecule has 9 nitrogen and oxygen atoms in total. The zero-order chi connectivity index (χ0) is 34.7. The molecule has 0 aliphatic carbocycles. The van der Waals surface area contributed by atoms with Gasteiger partial charge < -0.3 is 24.6 Å². The standard InChI is InChI=1S/C37H71O9P/c1-3-5-7-9-11-13-14-15-16-17-18-19-20-22-24-26-28-30-43-33-36(34-45-47(41,42)44-32-35(39)31-38)46-37(40)29-27-25-23-21-12-10-8-6-4-2/h13-14,16-17,35-36,38-39H,3-12,15,18-34H2,1-2H3,(H,41,42)/b14-13-,17-16-. The lowest BCUT2D eigenvalue weighted by atomic mass is 10.1. The van der Waals surface area contributed by atoms with Gasteiger partial charge in [-0.1, -0.05) is 134 Å². The highest BCUT2D eigenvalue weighted by atomic mass is 31.2. The third-order valence-electron chi connectivity index (χ3n) is 7.89. The third-order valence-corrected chi connectivity index (χ3v) is 8.84. The van der Waals surface area contributed by atoms with Crippen LogP contribution in [0, 0.1) is 0 Å². The summed E-state index contributed by atoms with van der Waals surface area (Å²) in [4.78, 5) is 22.4. The number of carbonyl (C=O) groups excluding carboxylic acids is 1. The van der Waals surface area contributed by atoms with E-state index in [4.69, 9.17) is 23.6 Å². The Bertz CT molecular complexity index is 790. The number of phosphoric ester groups is 1. The lowest BCUT2D eigenvalue weighted by molar-refractivity contribution is -0.154. The molecule has 0 saturated carbocycles. The van der Waals surface area contributed by atoms with E-state index in [1.165, 1.54) is 89.9 Å².